The van der Waals surface area contributed by atoms with E-state index >= 15 is 0 Å². The van der Waals surface area contributed by atoms with Crippen LogP contribution in [0.25, 0.3) is 11.1 Å². The molecule has 1 saturated heterocycles. The SMILES string of the molecule is COc1ccc(-c2cc(NC(=O)c3ccc(OCC4CCCO4)cc3)ccc2OC)cc1. The number of methoxy groups -OCH3 is 2. The summed E-state index contributed by atoms with van der Waals surface area (Å²) in [5.74, 6) is 2.03. The largest absolute Gasteiger partial charge is 0.497 e. The van der Waals surface area contributed by atoms with E-state index in [4.69, 9.17) is 18.9 Å². The first kappa shape index (κ1) is 21.7. The summed E-state index contributed by atoms with van der Waals surface area (Å²) in [7, 11) is 3.26. The van der Waals surface area contributed by atoms with Crippen LogP contribution in [0.3, 0.4) is 0 Å². The fourth-order valence-electron chi connectivity index (χ4n) is 3.65. The lowest BCUT2D eigenvalue weighted by Gasteiger charge is -2.13. The Bertz CT molecular complexity index is 1040. The van der Waals surface area contributed by atoms with Gasteiger partial charge < -0.3 is 24.3 Å². The highest BCUT2D eigenvalue weighted by Gasteiger charge is 2.16. The number of rotatable bonds is 8. The Labute approximate surface area is 188 Å². The first-order valence-corrected chi connectivity index (χ1v) is 10.6. The zero-order valence-electron chi connectivity index (χ0n) is 18.3. The van der Waals surface area contributed by atoms with E-state index in [1.165, 1.54) is 0 Å². The van der Waals surface area contributed by atoms with Crippen LogP contribution >= 0.6 is 0 Å². The molecule has 1 heterocycles. The van der Waals surface area contributed by atoms with E-state index in [1.807, 2.05) is 42.5 Å². The Morgan fingerprint density at radius 1 is 0.969 bits per heavy atom. The normalized spacial score (nSPS) is 15.2. The first-order chi connectivity index (χ1) is 15.7. The molecule has 1 amide bonds. The summed E-state index contributed by atoms with van der Waals surface area (Å²) in [6.45, 7) is 1.34. The van der Waals surface area contributed by atoms with Crippen molar-refractivity contribution in [2.45, 2.75) is 18.9 Å². The van der Waals surface area contributed by atoms with Crippen molar-refractivity contribution in [2.75, 3.05) is 32.8 Å². The van der Waals surface area contributed by atoms with Gasteiger partial charge in [0.1, 0.15) is 23.9 Å². The van der Waals surface area contributed by atoms with Crippen molar-refractivity contribution in [1.82, 2.24) is 0 Å². The maximum Gasteiger partial charge on any atom is 0.255 e. The molecule has 1 aliphatic rings. The second-order valence-electron chi connectivity index (χ2n) is 7.57. The molecule has 0 aromatic heterocycles. The standard InChI is InChI=1S/C26H27NO5/c1-29-21-10-5-18(6-11-21)24-16-20(9-14-25(24)30-2)27-26(28)19-7-12-22(13-8-19)32-17-23-4-3-15-31-23/h5-14,16,23H,3-4,15,17H2,1-2H3,(H,27,28). The quantitative estimate of drug-likeness (QED) is 0.530. The van der Waals surface area contributed by atoms with E-state index in [0.717, 1.165) is 47.8 Å². The molecule has 0 bridgehead atoms. The van der Waals surface area contributed by atoms with E-state index in [9.17, 15) is 4.79 Å². The summed E-state index contributed by atoms with van der Waals surface area (Å²) in [5.41, 5.74) is 3.08. The van der Waals surface area contributed by atoms with Crippen molar-refractivity contribution in [3.63, 3.8) is 0 Å². The fourth-order valence-corrected chi connectivity index (χ4v) is 3.65. The molecule has 0 radical (unpaired) electrons. The molecule has 3 aromatic carbocycles. The average molecular weight is 434 g/mol. The first-order valence-electron chi connectivity index (χ1n) is 10.6. The molecule has 4 rings (SSSR count). The van der Waals surface area contributed by atoms with Gasteiger partial charge in [-0.2, -0.15) is 0 Å². The minimum atomic E-state index is -0.193. The molecule has 32 heavy (non-hydrogen) atoms. The summed E-state index contributed by atoms with van der Waals surface area (Å²) in [4.78, 5) is 12.8. The Balaban J connectivity index is 1.44. The molecule has 3 aromatic rings. The molecule has 0 saturated carbocycles. The number of amides is 1. The molecule has 0 aliphatic carbocycles. The molecular formula is C26H27NO5. The van der Waals surface area contributed by atoms with Crippen molar-refractivity contribution < 1.29 is 23.7 Å². The summed E-state index contributed by atoms with van der Waals surface area (Å²) >= 11 is 0. The lowest BCUT2D eigenvalue weighted by molar-refractivity contribution is 0.0679. The number of carbonyl (C=O) groups excluding carboxylic acids is 1. The predicted molar refractivity (Wildman–Crippen MR) is 124 cm³/mol. The van der Waals surface area contributed by atoms with Crippen molar-refractivity contribution in [3.8, 4) is 28.4 Å². The number of ether oxygens (including phenoxy) is 4. The number of carbonyl (C=O) groups is 1. The lowest BCUT2D eigenvalue weighted by atomic mass is 10.0. The van der Waals surface area contributed by atoms with Gasteiger partial charge in [0.15, 0.2) is 0 Å². The topological polar surface area (TPSA) is 66.0 Å². The summed E-state index contributed by atoms with van der Waals surface area (Å²) in [6, 6.07) is 20.4. The summed E-state index contributed by atoms with van der Waals surface area (Å²) < 4.78 is 22.1. The lowest BCUT2D eigenvalue weighted by Crippen LogP contribution is -2.16. The predicted octanol–water partition coefficient (Wildman–Crippen LogP) is 5.18. The van der Waals surface area contributed by atoms with E-state index < -0.39 is 0 Å². The number of hydrogen-bond donors (Lipinski definition) is 1. The van der Waals surface area contributed by atoms with Gasteiger partial charge in [-0.25, -0.2) is 0 Å². The fraction of sp³-hybridized carbons (Fsp3) is 0.269. The molecule has 1 N–H and O–H groups in total. The van der Waals surface area contributed by atoms with Crippen molar-refractivity contribution in [3.05, 3.63) is 72.3 Å². The Morgan fingerprint density at radius 2 is 1.72 bits per heavy atom. The van der Waals surface area contributed by atoms with Crippen LogP contribution < -0.4 is 19.5 Å². The van der Waals surface area contributed by atoms with Gasteiger partial charge in [0, 0.05) is 23.4 Å². The van der Waals surface area contributed by atoms with E-state index in [2.05, 4.69) is 5.32 Å². The molecule has 0 spiro atoms. The van der Waals surface area contributed by atoms with Crippen LogP contribution in [0.2, 0.25) is 0 Å². The smallest absolute Gasteiger partial charge is 0.255 e. The molecule has 1 unspecified atom stereocenters. The third-order valence-corrected chi connectivity index (χ3v) is 5.43. The van der Waals surface area contributed by atoms with Gasteiger partial charge in [-0.3, -0.25) is 4.79 Å². The third kappa shape index (κ3) is 5.21. The Morgan fingerprint density at radius 3 is 2.38 bits per heavy atom. The third-order valence-electron chi connectivity index (χ3n) is 5.43. The molecule has 166 valence electrons. The Hall–Kier alpha value is -3.51. The van der Waals surface area contributed by atoms with Gasteiger partial charge in [0.05, 0.1) is 20.3 Å². The van der Waals surface area contributed by atoms with E-state index in [0.29, 0.717) is 17.9 Å². The van der Waals surface area contributed by atoms with Crippen LogP contribution in [-0.4, -0.2) is 39.4 Å². The average Bonchev–Trinajstić information content (AvgIpc) is 3.37. The van der Waals surface area contributed by atoms with Gasteiger partial charge in [-0.1, -0.05) is 12.1 Å². The minimum absolute atomic E-state index is 0.160. The van der Waals surface area contributed by atoms with Gasteiger partial charge >= 0.3 is 0 Å². The van der Waals surface area contributed by atoms with Crippen molar-refractivity contribution in [2.24, 2.45) is 0 Å². The number of benzene rings is 3. The number of anilines is 1. The van der Waals surface area contributed by atoms with Crippen LogP contribution in [0, 0.1) is 0 Å². The second-order valence-corrected chi connectivity index (χ2v) is 7.57. The van der Waals surface area contributed by atoms with Crippen LogP contribution in [0.4, 0.5) is 5.69 Å². The minimum Gasteiger partial charge on any atom is -0.497 e. The molecule has 1 fully saturated rings. The van der Waals surface area contributed by atoms with Crippen LogP contribution in [0.15, 0.2) is 66.7 Å². The zero-order valence-corrected chi connectivity index (χ0v) is 18.3. The van der Waals surface area contributed by atoms with Crippen molar-refractivity contribution >= 4 is 11.6 Å². The van der Waals surface area contributed by atoms with Crippen LogP contribution in [-0.2, 0) is 4.74 Å². The zero-order chi connectivity index (χ0) is 22.3. The van der Waals surface area contributed by atoms with Crippen LogP contribution in [0.5, 0.6) is 17.2 Å². The number of hydrogen-bond acceptors (Lipinski definition) is 5. The maximum atomic E-state index is 12.8. The molecule has 6 nitrogen and oxygen atoms in total. The summed E-state index contributed by atoms with van der Waals surface area (Å²) in [5, 5.41) is 2.96. The summed E-state index contributed by atoms with van der Waals surface area (Å²) in [6.07, 6.45) is 2.27. The maximum absolute atomic E-state index is 12.8. The van der Waals surface area contributed by atoms with Gasteiger partial charge in [-0.05, 0) is 73.0 Å². The highest BCUT2D eigenvalue weighted by Crippen LogP contribution is 2.33. The van der Waals surface area contributed by atoms with Gasteiger partial charge in [0.2, 0.25) is 0 Å². The molecule has 6 heteroatoms. The highest BCUT2D eigenvalue weighted by molar-refractivity contribution is 6.04. The molecular weight excluding hydrogens is 406 g/mol. The molecule has 1 aliphatic heterocycles. The molecule has 1 atom stereocenters. The highest BCUT2D eigenvalue weighted by atomic mass is 16.5. The second kappa shape index (κ2) is 10.2. The monoisotopic (exact) mass is 433 g/mol. The van der Waals surface area contributed by atoms with Gasteiger partial charge in [0.25, 0.3) is 5.91 Å². The van der Waals surface area contributed by atoms with Crippen LogP contribution in [0.1, 0.15) is 23.2 Å². The van der Waals surface area contributed by atoms with Crippen molar-refractivity contribution in [1.29, 1.82) is 0 Å². The Kier molecular flexibility index (Phi) is 6.92. The number of nitrogens with one attached hydrogen (secondary N) is 1. The van der Waals surface area contributed by atoms with Gasteiger partial charge in [-0.15, -0.1) is 0 Å². The van der Waals surface area contributed by atoms with E-state index in [1.54, 1.807) is 38.5 Å². The van der Waals surface area contributed by atoms with E-state index in [-0.39, 0.29) is 12.0 Å².